The second kappa shape index (κ2) is 5.44. The van der Waals surface area contributed by atoms with Gasteiger partial charge in [0.1, 0.15) is 12.4 Å². The van der Waals surface area contributed by atoms with Gasteiger partial charge in [-0.05, 0) is 24.3 Å². The second-order valence-corrected chi connectivity index (χ2v) is 4.97. The van der Waals surface area contributed by atoms with Gasteiger partial charge in [0.15, 0.2) is 5.76 Å². The van der Waals surface area contributed by atoms with Crippen LogP contribution in [0.15, 0.2) is 56.3 Å². The van der Waals surface area contributed by atoms with Crippen LogP contribution in [0.5, 0.6) is 0 Å². The maximum absolute atomic E-state index is 13.4. The fourth-order valence-corrected chi connectivity index (χ4v) is 2.46. The summed E-state index contributed by atoms with van der Waals surface area (Å²) < 4.78 is 38.6. The van der Waals surface area contributed by atoms with E-state index in [4.69, 9.17) is 8.83 Å². The molecule has 0 saturated heterocycles. The van der Waals surface area contributed by atoms with Crippen LogP contribution in [0.2, 0.25) is 0 Å². The van der Waals surface area contributed by atoms with E-state index < -0.39 is 12.3 Å². The summed E-state index contributed by atoms with van der Waals surface area (Å²) in [4.78, 5) is 16.1. The molecule has 0 radical (unpaired) electrons. The molecule has 0 amide bonds. The van der Waals surface area contributed by atoms with Gasteiger partial charge in [-0.1, -0.05) is 12.1 Å². The number of benzene rings is 1. The van der Waals surface area contributed by atoms with E-state index in [9.17, 15) is 13.6 Å². The van der Waals surface area contributed by atoms with E-state index in [1.54, 1.807) is 30.3 Å². The van der Waals surface area contributed by atoms with Crippen LogP contribution in [0.1, 0.15) is 12.4 Å². The third-order valence-corrected chi connectivity index (χ3v) is 3.49. The van der Waals surface area contributed by atoms with Crippen molar-refractivity contribution < 1.29 is 17.6 Å². The van der Waals surface area contributed by atoms with Crippen molar-refractivity contribution in [1.82, 2.24) is 19.3 Å². The van der Waals surface area contributed by atoms with E-state index in [-0.39, 0.29) is 29.5 Å². The van der Waals surface area contributed by atoms with Crippen molar-refractivity contribution in [2.45, 2.75) is 13.1 Å². The summed E-state index contributed by atoms with van der Waals surface area (Å²) in [7, 11) is 0. The summed E-state index contributed by atoms with van der Waals surface area (Å²) in [5, 5.41) is 3.96. The predicted octanol–water partition coefficient (Wildman–Crippen LogP) is 2.89. The number of aromatic nitrogens is 4. The zero-order chi connectivity index (χ0) is 16.7. The van der Waals surface area contributed by atoms with Gasteiger partial charge in [0.2, 0.25) is 0 Å². The smallest absolute Gasteiger partial charge is 0.437 e. The highest BCUT2D eigenvalue weighted by Gasteiger charge is 2.20. The Labute approximate surface area is 132 Å². The number of alkyl halides is 2. The van der Waals surface area contributed by atoms with Crippen LogP contribution in [-0.2, 0) is 6.54 Å². The van der Waals surface area contributed by atoms with Crippen LogP contribution >= 0.6 is 0 Å². The zero-order valence-electron chi connectivity index (χ0n) is 12.1. The predicted molar refractivity (Wildman–Crippen MR) is 78.6 cm³/mol. The molecule has 3 aromatic heterocycles. The van der Waals surface area contributed by atoms with Gasteiger partial charge in [-0.2, -0.15) is 13.5 Å². The molecule has 0 aliphatic rings. The Morgan fingerprint density at radius 1 is 1.17 bits per heavy atom. The summed E-state index contributed by atoms with van der Waals surface area (Å²) in [5.41, 5.74) is 0.695. The van der Waals surface area contributed by atoms with Gasteiger partial charge in [-0.3, -0.25) is 4.57 Å². The number of halogens is 2. The van der Waals surface area contributed by atoms with Crippen molar-refractivity contribution in [3.63, 3.8) is 0 Å². The molecule has 0 bridgehead atoms. The van der Waals surface area contributed by atoms with E-state index in [0.29, 0.717) is 5.52 Å². The average Bonchev–Trinajstić information content (AvgIpc) is 3.26. The molecule has 0 N–H and O–H groups in total. The molecule has 4 aromatic rings. The topological polar surface area (TPSA) is 79.0 Å². The minimum Gasteiger partial charge on any atom is -0.459 e. The highest BCUT2D eigenvalue weighted by Crippen LogP contribution is 2.23. The molecule has 1 aromatic carbocycles. The van der Waals surface area contributed by atoms with Gasteiger partial charge in [-0.15, -0.1) is 5.10 Å². The Morgan fingerprint density at radius 3 is 2.75 bits per heavy atom. The molecular weight excluding hydrogens is 322 g/mol. The number of hydrogen-bond donors (Lipinski definition) is 0. The van der Waals surface area contributed by atoms with Crippen molar-refractivity contribution >= 4 is 11.0 Å². The van der Waals surface area contributed by atoms with Crippen LogP contribution in [0.25, 0.3) is 22.7 Å². The Morgan fingerprint density at radius 2 is 2.00 bits per heavy atom. The van der Waals surface area contributed by atoms with Crippen molar-refractivity contribution in [3.05, 3.63) is 59.0 Å². The van der Waals surface area contributed by atoms with Gasteiger partial charge < -0.3 is 8.83 Å². The molecule has 3 heterocycles. The van der Waals surface area contributed by atoms with Gasteiger partial charge in [0, 0.05) is 0 Å². The molecule has 0 aliphatic heterocycles. The highest BCUT2D eigenvalue weighted by atomic mass is 19.3. The summed E-state index contributed by atoms with van der Waals surface area (Å²) in [6, 6.07) is 9.69. The summed E-state index contributed by atoms with van der Waals surface area (Å²) in [6.45, 7) is -3.04. The molecule has 24 heavy (non-hydrogen) atoms. The molecule has 0 fully saturated rings. The Kier molecular flexibility index (Phi) is 3.26. The Hall–Kier alpha value is -3.23. The standard InChI is InChI=1S/C15H10F2N4O3/c16-14(17)21-10-5-2-1-4-9(10)18-12(21)8-20-15(22)24-13(19-20)11-6-3-7-23-11/h1-7,14H,8H2. The second-order valence-electron chi connectivity index (χ2n) is 4.97. The summed E-state index contributed by atoms with van der Waals surface area (Å²) >= 11 is 0. The first kappa shape index (κ1) is 14.4. The van der Waals surface area contributed by atoms with Crippen LogP contribution < -0.4 is 5.76 Å². The minimum absolute atomic E-state index is 0.00703. The quantitative estimate of drug-likeness (QED) is 0.574. The van der Waals surface area contributed by atoms with Gasteiger partial charge >= 0.3 is 12.3 Å². The zero-order valence-corrected chi connectivity index (χ0v) is 12.1. The molecule has 4 rings (SSSR count). The average molecular weight is 332 g/mol. The lowest BCUT2D eigenvalue weighted by Crippen LogP contribution is -2.19. The fraction of sp³-hybridized carbons (Fsp3) is 0.133. The highest BCUT2D eigenvalue weighted by molar-refractivity contribution is 5.75. The van der Waals surface area contributed by atoms with Crippen molar-refractivity contribution in [2.75, 3.05) is 0 Å². The third-order valence-electron chi connectivity index (χ3n) is 3.49. The Balaban J connectivity index is 1.77. The first-order valence-electron chi connectivity index (χ1n) is 6.99. The molecule has 0 saturated carbocycles. The molecule has 0 aliphatic carbocycles. The van der Waals surface area contributed by atoms with Crippen LogP contribution in [-0.4, -0.2) is 19.3 Å². The van der Waals surface area contributed by atoms with Gasteiger partial charge in [0.05, 0.1) is 17.3 Å². The summed E-state index contributed by atoms with van der Waals surface area (Å²) in [5.74, 6) is -0.528. The molecular formula is C15H10F2N4O3. The molecule has 0 atom stereocenters. The first-order chi connectivity index (χ1) is 11.6. The van der Waals surface area contributed by atoms with Crippen molar-refractivity contribution in [1.29, 1.82) is 0 Å². The normalized spacial score (nSPS) is 11.6. The number of furan rings is 1. The van der Waals surface area contributed by atoms with Gasteiger partial charge in [-0.25, -0.2) is 9.78 Å². The summed E-state index contributed by atoms with van der Waals surface area (Å²) in [6.07, 6.45) is 1.41. The lowest BCUT2D eigenvalue weighted by atomic mass is 10.3. The van der Waals surface area contributed by atoms with E-state index in [1.807, 2.05) is 0 Å². The molecule has 7 nitrogen and oxygen atoms in total. The number of rotatable bonds is 4. The molecule has 9 heteroatoms. The van der Waals surface area contributed by atoms with E-state index >= 15 is 0 Å². The van der Waals surface area contributed by atoms with Crippen LogP contribution in [0.4, 0.5) is 8.78 Å². The third kappa shape index (κ3) is 2.30. The SMILES string of the molecule is O=c1oc(-c2ccco2)nn1Cc1nc2ccccc2n1C(F)F. The largest absolute Gasteiger partial charge is 0.459 e. The van der Waals surface area contributed by atoms with E-state index in [0.717, 1.165) is 9.25 Å². The minimum atomic E-state index is -2.79. The maximum atomic E-state index is 13.4. The Bertz CT molecular complexity index is 1050. The number of para-hydroxylation sites is 2. The van der Waals surface area contributed by atoms with Crippen molar-refractivity contribution in [3.8, 4) is 11.7 Å². The lowest BCUT2D eigenvalue weighted by molar-refractivity contribution is 0.0709. The van der Waals surface area contributed by atoms with Crippen molar-refractivity contribution in [2.24, 2.45) is 0 Å². The fourth-order valence-electron chi connectivity index (χ4n) is 2.46. The lowest BCUT2D eigenvalue weighted by Gasteiger charge is -2.06. The molecule has 0 unspecified atom stereocenters. The molecule has 122 valence electrons. The number of fused-ring (bicyclic) bond motifs is 1. The van der Waals surface area contributed by atoms with E-state index in [1.165, 1.54) is 12.3 Å². The number of nitrogens with zero attached hydrogens (tertiary/aromatic N) is 4. The van der Waals surface area contributed by atoms with Gasteiger partial charge in [0.25, 0.3) is 5.89 Å². The number of hydrogen-bond acceptors (Lipinski definition) is 5. The van der Waals surface area contributed by atoms with Crippen LogP contribution in [0, 0.1) is 0 Å². The first-order valence-corrected chi connectivity index (χ1v) is 6.99. The van der Waals surface area contributed by atoms with Crippen LogP contribution in [0.3, 0.4) is 0 Å². The molecule has 0 spiro atoms. The maximum Gasteiger partial charge on any atom is 0.437 e. The number of imidazole rings is 1. The monoisotopic (exact) mass is 332 g/mol. The van der Waals surface area contributed by atoms with E-state index in [2.05, 4.69) is 10.1 Å².